The summed E-state index contributed by atoms with van der Waals surface area (Å²) < 4.78 is 4.73. The van der Waals surface area contributed by atoms with Crippen molar-refractivity contribution in [3.8, 4) is 6.07 Å². The van der Waals surface area contributed by atoms with Gasteiger partial charge in [-0.05, 0) is 34.3 Å². The normalized spacial score (nSPS) is 23.8. The molecule has 9 heteroatoms. The highest BCUT2D eigenvalue weighted by Gasteiger charge is 2.69. The van der Waals surface area contributed by atoms with Crippen LogP contribution in [-0.2, 0) is 20.7 Å². The molecule has 1 aliphatic carbocycles. The topological polar surface area (TPSA) is 127 Å². The number of methoxy groups -OCH3 is 1. The molecule has 2 fully saturated rings. The summed E-state index contributed by atoms with van der Waals surface area (Å²) in [6.45, 7) is 10.2. The summed E-state index contributed by atoms with van der Waals surface area (Å²) in [5.74, 6) is -0.475. The molecule has 36 heavy (non-hydrogen) atoms. The van der Waals surface area contributed by atoms with Gasteiger partial charge in [-0.3, -0.25) is 9.59 Å². The average Bonchev–Trinajstić information content (AvgIpc) is 3.20. The third-order valence-electron chi connectivity index (χ3n) is 7.89. The number of piperidine rings is 1. The second-order valence-electron chi connectivity index (χ2n) is 11.6. The van der Waals surface area contributed by atoms with Crippen LogP contribution in [0.3, 0.4) is 0 Å². The van der Waals surface area contributed by atoms with Crippen molar-refractivity contribution < 1.29 is 19.1 Å². The van der Waals surface area contributed by atoms with E-state index in [4.69, 9.17) is 4.74 Å². The highest BCUT2D eigenvalue weighted by Crippen LogP contribution is 2.65. The van der Waals surface area contributed by atoms with Gasteiger partial charge >= 0.3 is 6.09 Å². The van der Waals surface area contributed by atoms with Gasteiger partial charge in [0.2, 0.25) is 11.8 Å². The Balaban J connectivity index is 1.55. The fourth-order valence-electron chi connectivity index (χ4n) is 5.71. The molecule has 192 valence electrons. The summed E-state index contributed by atoms with van der Waals surface area (Å²) >= 11 is 0. The Morgan fingerprint density at radius 2 is 1.94 bits per heavy atom. The van der Waals surface area contributed by atoms with Crippen LogP contribution in [0, 0.1) is 34.0 Å². The first-order valence-corrected chi connectivity index (χ1v) is 12.3. The van der Waals surface area contributed by atoms with Gasteiger partial charge in [-0.1, -0.05) is 52.8 Å². The molecule has 0 spiro atoms. The number of ether oxygens (including phenoxy) is 1. The number of nitrogens with one attached hydrogen (secondary N) is 3. The van der Waals surface area contributed by atoms with E-state index in [1.807, 2.05) is 51.2 Å². The molecule has 2 aliphatic rings. The van der Waals surface area contributed by atoms with Gasteiger partial charge in [0.05, 0.1) is 13.2 Å². The largest absolute Gasteiger partial charge is 0.453 e. The van der Waals surface area contributed by atoms with Crippen LogP contribution < -0.4 is 10.6 Å². The first kappa shape index (κ1) is 25.5. The monoisotopic (exact) mass is 493 g/mol. The predicted octanol–water partition coefficient (Wildman–Crippen LogP) is 2.97. The van der Waals surface area contributed by atoms with Crippen LogP contribution in [0.2, 0.25) is 0 Å². The van der Waals surface area contributed by atoms with Crippen LogP contribution in [0.5, 0.6) is 0 Å². The van der Waals surface area contributed by atoms with E-state index in [0.29, 0.717) is 13.0 Å². The fraction of sp³-hybridized carbons (Fsp3) is 0.556. The third kappa shape index (κ3) is 4.52. The number of alkyl carbamates (subject to hydrolysis) is 1. The fourth-order valence-corrected chi connectivity index (χ4v) is 5.71. The van der Waals surface area contributed by atoms with Crippen molar-refractivity contribution in [2.24, 2.45) is 22.7 Å². The lowest BCUT2D eigenvalue weighted by molar-refractivity contribution is -0.144. The number of hydrogen-bond donors (Lipinski definition) is 3. The van der Waals surface area contributed by atoms with E-state index in [9.17, 15) is 19.6 Å². The maximum atomic E-state index is 13.7. The number of rotatable bonds is 6. The van der Waals surface area contributed by atoms with Crippen molar-refractivity contribution in [1.82, 2.24) is 20.5 Å². The van der Waals surface area contributed by atoms with Gasteiger partial charge in [0.15, 0.2) is 0 Å². The first-order valence-electron chi connectivity index (χ1n) is 12.3. The molecule has 3 N–H and O–H groups in total. The van der Waals surface area contributed by atoms with Crippen LogP contribution in [0.15, 0.2) is 30.5 Å². The lowest BCUT2D eigenvalue weighted by Crippen LogP contribution is -2.59. The van der Waals surface area contributed by atoms with Crippen LogP contribution >= 0.6 is 0 Å². The number of nitriles is 1. The number of amides is 3. The Morgan fingerprint density at radius 3 is 2.58 bits per heavy atom. The number of aromatic amines is 1. The zero-order chi connectivity index (χ0) is 26.4. The zero-order valence-corrected chi connectivity index (χ0v) is 21.7. The highest BCUT2D eigenvalue weighted by molar-refractivity contribution is 5.93. The van der Waals surface area contributed by atoms with Crippen molar-refractivity contribution in [2.75, 3.05) is 13.7 Å². The van der Waals surface area contributed by atoms with E-state index in [1.165, 1.54) is 7.11 Å². The highest BCUT2D eigenvalue weighted by atomic mass is 16.5. The first-order chi connectivity index (χ1) is 16.9. The molecule has 1 aromatic heterocycles. The quantitative estimate of drug-likeness (QED) is 0.570. The minimum Gasteiger partial charge on any atom is -0.453 e. The predicted molar refractivity (Wildman–Crippen MR) is 135 cm³/mol. The number of aromatic nitrogens is 1. The number of para-hydroxylation sites is 1. The van der Waals surface area contributed by atoms with E-state index in [1.54, 1.807) is 4.90 Å². The number of likely N-dealkylation sites (tertiary alicyclic amines) is 1. The van der Waals surface area contributed by atoms with Crippen molar-refractivity contribution in [3.63, 3.8) is 0 Å². The minimum absolute atomic E-state index is 0.00683. The van der Waals surface area contributed by atoms with Gasteiger partial charge in [-0.25, -0.2) is 4.79 Å². The van der Waals surface area contributed by atoms with Gasteiger partial charge in [0.25, 0.3) is 0 Å². The van der Waals surface area contributed by atoms with Crippen molar-refractivity contribution >= 4 is 28.8 Å². The number of fused-ring (bicyclic) bond motifs is 2. The van der Waals surface area contributed by atoms with Crippen LogP contribution in [0.1, 0.15) is 40.2 Å². The van der Waals surface area contributed by atoms with E-state index in [0.717, 1.165) is 16.5 Å². The Morgan fingerprint density at radius 1 is 1.25 bits per heavy atom. The molecule has 1 aliphatic heterocycles. The molecule has 5 atom stereocenters. The Labute approximate surface area is 211 Å². The molecule has 2 unspecified atom stereocenters. The second kappa shape index (κ2) is 9.16. The maximum absolute atomic E-state index is 13.7. The van der Waals surface area contributed by atoms with Gasteiger partial charge in [-0.15, -0.1) is 0 Å². The van der Waals surface area contributed by atoms with E-state index in [2.05, 4.69) is 35.5 Å². The molecule has 4 rings (SSSR count). The van der Waals surface area contributed by atoms with E-state index < -0.39 is 29.6 Å². The number of carbonyl (C=O) groups is 3. The molecule has 2 heterocycles. The number of hydrogen-bond acceptors (Lipinski definition) is 5. The Hall–Kier alpha value is -3.54. The van der Waals surface area contributed by atoms with Gasteiger partial charge in [-0.2, -0.15) is 5.26 Å². The second-order valence-corrected chi connectivity index (χ2v) is 11.6. The zero-order valence-electron chi connectivity index (χ0n) is 21.7. The SMILES string of the molecule is COC(=O)N[C@H](C(=O)N1CC2[C@H](C1C(=O)N[C@H](C#N)Cc1c[nH]c3ccccc13)C2(C)C)C(C)(C)C. The van der Waals surface area contributed by atoms with Crippen molar-refractivity contribution in [2.45, 2.75) is 59.2 Å². The molecular formula is C27H35N5O4. The standard InChI is InChI=1S/C27H35N5O4/c1-26(2,3)22(31-25(35)36-6)24(34)32-14-18-20(27(18,4)5)21(32)23(33)30-16(12-28)11-15-13-29-19-10-8-7-9-17(15)19/h7-10,13,16,18,20-22,29H,11,14H2,1-6H3,(H,30,33)(H,31,35)/t16-,18?,20+,21?,22+/m0/s1. The lowest BCUT2D eigenvalue weighted by Gasteiger charge is -2.37. The number of benzene rings is 1. The summed E-state index contributed by atoms with van der Waals surface area (Å²) in [6.07, 6.45) is 1.51. The molecular weight excluding hydrogens is 458 g/mol. The number of H-pyrrole nitrogens is 1. The number of nitrogens with zero attached hydrogens (tertiary/aromatic N) is 2. The van der Waals surface area contributed by atoms with E-state index in [-0.39, 0.29) is 29.1 Å². The van der Waals surface area contributed by atoms with Crippen molar-refractivity contribution in [1.29, 1.82) is 5.26 Å². The minimum atomic E-state index is -0.862. The van der Waals surface area contributed by atoms with Crippen LogP contribution in [-0.4, -0.2) is 59.6 Å². The Kier molecular flexibility index (Phi) is 6.50. The summed E-state index contributed by atoms with van der Waals surface area (Å²) in [4.78, 5) is 44.1. The molecule has 0 radical (unpaired) electrons. The lowest BCUT2D eigenvalue weighted by atomic mass is 9.85. The molecule has 1 saturated heterocycles. The average molecular weight is 494 g/mol. The Bertz CT molecular complexity index is 1220. The van der Waals surface area contributed by atoms with Gasteiger partial charge in [0.1, 0.15) is 18.1 Å². The molecule has 3 amide bonds. The van der Waals surface area contributed by atoms with Crippen LogP contribution in [0.4, 0.5) is 4.79 Å². The van der Waals surface area contributed by atoms with Gasteiger partial charge < -0.3 is 25.3 Å². The summed E-state index contributed by atoms with van der Waals surface area (Å²) in [5.41, 5.74) is 1.23. The summed E-state index contributed by atoms with van der Waals surface area (Å²) in [7, 11) is 1.25. The van der Waals surface area contributed by atoms with E-state index >= 15 is 0 Å². The number of carbonyl (C=O) groups excluding carboxylic acids is 3. The molecule has 2 aromatic rings. The van der Waals surface area contributed by atoms with Crippen LogP contribution in [0.25, 0.3) is 10.9 Å². The maximum Gasteiger partial charge on any atom is 0.407 e. The molecule has 1 saturated carbocycles. The summed E-state index contributed by atoms with van der Waals surface area (Å²) in [6, 6.07) is 7.70. The third-order valence-corrected chi connectivity index (χ3v) is 7.89. The van der Waals surface area contributed by atoms with Gasteiger partial charge in [0, 0.05) is 30.1 Å². The molecule has 9 nitrogen and oxygen atoms in total. The summed E-state index contributed by atoms with van der Waals surface area (Å²) in [5, 5.41) is 16.4. The molecule has 1 aromatic carbocycles. The molecule has 0 bridgehead atoms. The van der Waals surface area contributed by atoms with Crippen molar-refractivity contribution in [3.05, 3.63) is 36.0 Å². The smallest absolute Gasteiger partial charge is 0.407 e.